The number of anilines is 1. The Hall–Kier alpha value is -2.95. The van der Waals surface area contributed by atoms with Crippen LogP contribution in [0.25, 0.3) is 11.0 Å². The summed E-state index contributed by atoms with van der Waals surface area (Å²) in [5, 5.41) is 0.865. The molecule has 0 saturated heterocycles. The van der Waals surface area contributed by atoms with Gasteiger partial charge in [-0.15, -0.1) is 0 Å². The molecule has 0 aliphatic rings. The number of nitrogens with one attached hydrogen (secondary N) is 2. The first kappa shape index (κ1) is 14.0. The Kier molecular flexibility index (Phi) is 3.70. The number of para-hydroxylation sites is 1. The maximum Gasteiger partial charge on any atom is 0.305 e. The molecular weight excluding hydrogens is 280 g/mol. The van der Waals surface area contributed by atoms with Crippen LogP contribution in [0.4, 0.5) is 5.69 Å². The van der Waals surface area contributed by atoms with Gasteiger partial charge < -0.3 is 9.15 Å². The fraction of sp³-hybridized carbons (Fsp3) is 0.118. The number of furan rings is 1. The van der Waals surface area contributed by atoms with Crippen molar-refractivity contribution in [1.29, 1.82) is 0 Å². The van der Waals surface area contributed by atoms with Gasteiger partial charge in [-0.05, 0) is 37.3 Å². The molecule has 22 heavy (non-hydrogen) atoms. The summed E-state index contributed by atoms with van der Waals surface area (Å²) in [6.07, 6.45) is 0. The molecule has 1 aromatic heterocycles. The van der Waals surface area contributed by atoms with Crippen LogP contribution in [0.15, 0.2) is 52.9 Å². The van der Waals surface area contributed by atoms with Crippen LogP contribution in [0.3, 0.4) is 0 Å². The van der Waals surface area contributed by atoms with E-state index in [0.29, 0.717) is 5.58 Å². The van der Waals surface area contributed by atoms with E-state index in [1.807, 2.05) is 43.3 Å². The lowest BCUT2D eigenvalue weighted by Gasteiger charge is -2.06. The van der Waals surface area contributed by atoms with Gasteiger partial charge in [-0.25, -0.2) is 0 Å². The highest BCUT2D eigenvalue weighted by Crippen LogP contribution is 2.28. The Morgan fingerprint density at radius 3 is 2.64 bits per heavy atom. The van der Waals surface area contributed by atoms with Gasteiger partial charge in [0, 0.05) is 10.9 Å². The first-order valence-electron chi connectivity index (χ1n) is 6.87. The number of hydrogen-bond donors (Lipinski definition) is 2. The third-order valence-electron chi connectivity index (χ3n) is 3.44. The van der Waals surface area contributed by atoms with E-state index >= 15 is 0 Å². The van der Waals surface area contributed by atoms with Crippen molar-refractivity contribution in [3.8, 4) is 5.75 Å². The normalized spacial score (nSPS) is 10.5. The highest BCUT2D eigenvalue weighted by atomic mass is 16.5. The van der Waals surface area contributed by atoms with E-state index in [1.54, 1.807) is 19.2 Å². The number of rotatable bonds is 4. The Morgan fingerprint density at radius 2 is 1.91 bits per heavy atom. The highest BCUT2D eigenvalue weighted by Gasteiger charge is 2.17. The van der Waals surface area contributed by atoms with Crippen molar-refractivity contribution >= 4 is 22.6 Å². The van der Waals surface area contributed by atoms with Gasteiger partial charge in [0.15, 0.2) is 5.76 Å². The summed E-state index contributed by atoms with van der Waals surface area (Å²) in [6, 6.07) is 14.8. The average molecular weight is 296 g/mol. The minimum atomic E-state index is -0.323. The summed E-state index contributed by atoms with van der Waals surface area (Å²) < 4.78 is 10.8. The van der Waals surface area contributed by atoms with E-state index in [1.165, 1.54) is 0 Å². The Bertz CT molecular complexity index is 809. The largest absolute Gasteiger partial charge is 0.497 e. The zero-order valence-corrected chi connectivity index (χ0v) is 12.3. The first-order chi connectivity index (χ1) is 10.7. The zero-order valence-electron chi connectivity index (χ0n) is 12.3. The molecule has 1 heterocycles. The molecule has 5 nitrogen and oxygen atoms in total. The van der Waals surface area contributed by atoms with Crippen LogP contribution in [0, 0.1) is 6.92 Å². The van der Waals surface area contributed by atoms with Gasteiger partial charge >= 0.3 is 5.91 Å². The van der Waals surface area contributed by atoms with Crippen LogP contribution in [0.5, 0.6) is 5.75 Å². The number of methoxy groups -OCH3 is 1. The van der Waals surface area contributed by atoms with Crippen molar-refractivity contribution in [3.63, 3.8) is 0 Å². The third-order valence-corrected chi connectivity index (χ3v) is 3.44. The fourth-order valence-electron chi connectivity index (χ4n) is 2.25. The number of ether oxygens (including phenoxy) is 1. The lowest BCUT2D eigenvalue weighted by atomic mass is 10.1. The zero-order chi connectivity index (χ0) is 15.5. The molecule has 0 unspecified atom stereocenters. The van der Waals surface area contributed by atoms with E-state index in [-0.39, 0.29) is 11.7 Å². The number of carbonyl (C=O) groups excluding carboxylic acids is 1. The molecule has 112 valence electrons. The van der Waals surface area contributed by atoms with Crippen LogP contribution in [-0.2, 0) is 0 Å². The second-order valence-corrected chi connectivity index (χ2v) is 4.86. The number of benzene rings is 2. The number of hydrazine groups is 1. The number of fused-ring (bicyclic) bond motifs is 1. The van der Waals surface area contributed by atoms with Gasteiger partial charge in [-0.1, -0.05) is 18.2 Å². The molecule has 0 aliphatic carbocycles. The molecule has 0 saturated carbocycles. The molecule has 0 bridgehead atoms. The van der Waals surface area contributed by atoms with E-state index in [2.05, 4.69) is 10.9 Å². The lowest BCUT2D eigenvalue weighted by Crippen LogP contribution is -2.29. The van der Waals surface area contributed by atoms with Crippen molar-refractivity contribution in [2.45, 2.75) is 6.92 Å². The maximum atomic E-state index is 12.3. The standard InChI is InChI=1S/C17H16N2O3/c1-11-14-10-13(21-2)8-9-15(14)22-16(11)17(20)19-18-12-6-4-3-5-7-12/h3-10,18H,1-2H3,(H,19,20). The Balaban J connectivity index is 1.83. The molecule has 5 heteroatoms. The summed E-state index contributed by atoms with van der Waals surface area (Å²) in [5.41, 5.74) is 7.72. The minimum Gasteiger partial charge on any atom is -0.497 e. The second-order valence-electron chi connectivity index (χ2n) is 4.86. The van der Waals surface area contributed by atoms with E-state index in [4.69, 9.17) is 9.15 Å². The van der Waals surface area contributed by atoms with Gasteiger partial charge in [-0.2, -0.15) is 0 Å². The molecule has 3 aromatic rings. The summed E-state index contributed by atoms with van der Waals surface area (Å²) >= 11 is 0. The number of hydrogen-bond acceptors (Lipinski definition) is 4. The average Bonchev–Trinajstić information content (AvgIpc) is 2.90. The number of carbonyl (C=O) groups is 1. The minimum absolute atomic E-state index is 0.284. The fourth-order valence-corrected chi connectivity index (χ4v) is 2.25. The van der Waals surface area contributed by atoms with Gasteiger partial charge in [0.1, 0.15) is 11.3 Å². The number of amides is 1. The smallest absolute Gasteiger partial charge is 0.305 e. The van der Waals surface area contributed by atoms with Crippen LogP contribution in [-0.4, -0.2) is 13.0 Å². The molecule has 3 rings (SSSR count). The van der Waals surface area contributed by atoms with Crippen LogP contribution in [0.2, 0.25) is 0 Å². The molecule has 0 spiro atoms. The molecule has 0 radical (unpaired) electrons. The van der Waals surface area contributed by atoms with Crippen LogP contribution in [0.1, 0.15) is 16.1 Å². The van der Waals surface area contributed by atoms with Crippen molar-refractivity contribution in [3.05, 3.63) is 59.9 Å². The molecular formula is C17H16N2O3. The molecule has 2 N–H and O–H groups in total. The van der Waals surface area contributed by atoms with Crippen molar-refractivity contribution in [1.82, 2.24) is 5.43 Å². The SMILES string of the molecule is COc1ccc2oc(C(=O)NNc3ccccc3)c(C)c2c1. The van der Waals surface area contributed by atoms with Crippen molar-refractivity contribution < 1.29 is 13.9 Å². The number of aryl methyl sites for hydroxylation is 1. The van der Waals surface area contributed by atoms with E-state index in [0.717, 1.165) is 22.4 Å². The first-order valence-corrected chi connectivity index (χ1v) is 6.87. The maximum absolute atomic E-state index is 12.3. The van der Waals surface area contributed by atoms with E-state index in [9.17, 15) is 4.79 Å². The predicted octanol–water partition coefficient (Wildman–Crippen LogP) is 3.51. The van der Waals surface area contributed by atoms with Gasteiger partial charge in [0.2, 0.25) is 0 Å². The Morgan fingerprint density at radius 1 is 1.14 bits per heavy atom. The van der Waals surface area contributed by atoms with Gasteiger partial charge in [-0.3, -0.25) is 15.6 Å². The van der Waals surface area contributed by atoms with Crippen molar-refractivity contribution in [2.75, 3.05) is 12.5 Å². The summed E-state index contributed by atoms with van der Waals surface area (Å²) in [4.78, 5) is 12.3. The monoisotopic (exact) mass is 296 g/mol. The predicted molar refractivity (Wildman–Crippen MR) is 85.0 cm³/mol. The van der Waals surface area contributed by atoms with Gasteiger partial charge in [0.05, 0.1) is 12.8 Å². The summed E-state index contributed by atoms with van der Waals surface area (Å²) in [6.45, 7) is 1.85. The topological polar surface area (TPSA) is 63.5 Å². The van der Waals surface area contributed by atoms with Crippen LogP contribution >= 0.6 is 0 Å². The molecule has 2 aromatic carbocycles. The molecule has 0 atom stereocenters. The second kappa shape index (κ2) is 5.81. The summed E-state index contributed by atoms with van der Waals surface area (Å²) in [7, 11) is 1.61. The third kappa shape index (κ3) is 2.61. The molecule has 0 aliphatic heterocycles. The molecule has 0 fully saturated rings. The lowest BCUT2D eigenvalue weighted by molar-refractivity contribution is 0.0936. The summed E-state index contributed by atoms with van der Waals surface area (Å²) in [5.74, 6) is 0.689. The van der Waals surface area contributed by atoms with Gasteiger partial charge in [0.25, 0.3) is 0 Å². The quantitative estimate of drug-likeness (QED) is 0.723. The van der Waals surface area contributed by atoms with E-state index < -0.39 is 0 Å². The highest BCUT2D eigenvalue weighted by molar-refractivity contribution is 5.99. The van der Waals surface area contributed by atoms with Crippen LogP contribution < -0.4 is 15.6 Å². The van der Waals surface area contributed by atoms with Crippen molar-refractivity contribution in [2.24, 2.45) is 0 Å². The Labute approximate surface area is 127 Å². The molecule has 1 amide bonds.